The molecular weight excluding hydrogens is 304 g/mol. The number of hydrogen-bond donors (Lipinski definition) is 0. The molecule has 0 aliphatic carbocycles. The fourth-order valence-corrected chi connectivity index (χ4v) is 3.22. The van der Waals surface area contributed by atoms with Crippen LogP contribution in [-0.4, -0.2) is 43.7 Å². The largest absolute Gasteiger partial charge is 0.464 e. The Hall–Kier alpha value is -2.53. The summed E-state index contributed by atoms with van der Waals surface area (Å²) in [6.45, 7) is 3.64. The molecule has 2 aliphatic rings. The third-order valence-electron chi connectivity index (χ3n) is 4.49. The van der Waals surface area contributed by atoms with E-state index < -0.39 is 0 Å². The summed E-state index contributed by atoms with van der Waals surface area (Å²) in [6.07, 6.45) is 4.59. The van der Waals surface area contributed by atoms with Crippen molar-refractivity contribution in [2.24, 2.45) is 0 Å². The van der Waals surface area contributed by atoms with Gasteiger partial charge in [-0.25, -0.2) is 0 Å². The quantitative estimate of drug-likeness (QED) is 0.871. The van der Waals surface area contributed by atoms with Crippen molar-refractivity contribution in [1.29, 1.82) is 0 Å². The van der Waals surface area contributed by atoms with Gasteiger partial charge in [-0.3, -0.25) is 4.79 Å². The molecule has 124 valence electrons. The second-order valence-corrected chi connectivity index (χ2v) is 5.96. The van der Waals surface area contributed by atoms with Crippen LogP contribution in [0.3, 0.4) is 0 Å². The average molecular weight is 324 g/mol. The van der Waals surface area contributed by atoms with Crippen LogP contribution in [-0.2, 0) is 9.53 Å². The lowest BCUT2D eigenvalue weighted by atomic mass is 10.1. The molecular formula is C19H20N2O3. The van der Waals surface area contributed by atoms with Crippen molar-refractivity contribution in [2.45, 2.75) is 6.42 Å². The maximum absolute atomic E-state index is 12.9. The summed E-state index contributed by atoms with van der Waals surface area (Å²) in [7, 11) is 0. The van der Waals surface area contributed by atoms with Crippen LogP contribution >= 0.6 is 0 Å². The summed E-state index contributed by atoms with van der Waals surface area (Å²) < 4.78 is 10.8. The number of rotatable bonds is 3. The molecule has 3 heterocycles. The Kier molecular flexibility index (Phi) is 4.09. The van der Waals surface area contributed by atoms with Crippen molar-refractivity contribution in [3.63, 3.8) is 0 Å². The summed E-state index contributed by atoms with van der Waals surface area (Å²) in [5, 5.41) is 0. The van der Waals surface area contributed by atoms with E-state index in [1.807, 2.05) is 41.3 Å². The molecule has 1 saturated heterocycles. The Morgan fingerprint density at radius 1 is 0.958 bits per heavy atom. The lowest BCUT2D eigenvalue weighted by Crippen LogP contribution is -2.45. The van der Waals surface area contributed by atoms with Crippen LogP contribution in [0.5, 0.6) is 0 Å². The molecule has 5 heteroatoms. The number of nitrogens with zero attached hydrogens (tertiary/aromatic N) is 2. The van der Waals surface area contributed by atoms with E-state index in [2.05, 4.69) is 11.0 Å². The number of carbonyl (C=O) groups is 1. The van der Waals surface area contributed by atoms with Gasteiger partial charge in [0.1, 0.15) is 5.76 Å². The highest BCUT2D eigenvalue weighted by Crippen LogP contribution is 2.27. The van der Waals surface area contributed by atoms with E-state index in [0.29, 0.717) is 19.8 Å². The summed E-state index contributed by atoms with van der Waals surface area (Å²) in [5.41, 5.74) is 2.74. The number of morpholine rings is 1. The van der Waals surface area contributed by atoms with E-state index >= 15 is 0 Å². The van der Waals surface area contributed by atoms with Gasteiger partial charge in [-0.15, -0.1) is 0 Å². The van der Waals surface area contributed by atoms with Crippen molar-refractivity contribution in [2.75, 3.05) is 37.7 Å². The van der Waals surface area contributed by atoms with Crippen LogP contribution in [0.4, 0.5) is 5.69 Å². The maximum Gasteiger partial charge on any atom is 0.274 e. The maximum atomic E-state index is 12.9. The second kappa shape index (κ2) is 6.53. The molecule has 1 amide bonds. The molecule has 0 atom stereocenters. The van der Waals surface area contributed by atoms with E-state index in [1.165, 1.54) is 0 Å². The third-order valence-corrected chi connectivity index (χ3v) is 4.49. The van der Waals surface area contributed by atoms with Crippen LogP contribution < -0.4 is 4.90 Å². The second-order valence-electron chi connectivity index (χ2n) is 5.96. The average Bonchev–Trinajstić information content (AvgIpc) is 3.18. The first-order valence-corrected chi connectivity index (χ1v) is 8.31. The van der Waals surface area contributed by atoms with Crippen LogP contribution in [0.2, 0.25) is 0 Å². The summed E-state index contributed by atoms with van der Waals surface area (Å²) in [4.78, 5) is 16.9. The Morgan fingerprint density at radius 3 is 2.46 bits per heavy atom. The highest BCUT2D eigenvalue weighted by Gasteiger charge is 2.28. The topological polar surface area (TPSA) is 45.9 Å². The first-order valence-electron chi connectivity index (χ1n) is 8.31. The predicted octanol–water partition coefficient (Wildman–Crippen LogP) is 2.90. The monoisotopic (exact) mass is 324 g/mol. The molecule has 1 aromatic heterocycles. The normalized spacial score (nSPS) is 18.7. The SMILES string of the molecule is O=C1C(N2CCOCC2)=CCCN1c1ccc(-c2ccco2)cc1. The zero-order valence-corrected chi connectivity index (χ0v) is 13.5. The Morgan fingerprint density at radius 2 is 1.75 bits per heavy atom. The Labute approximate surface area is 141 Å². The first kappa shape index (κ1) is 15.0. The molecule has 1 aromatic carbocycles. The number of benzene rings is 1. The zero-order valence-electron chi connectivity index (χ0n) is 13.5. The number of ether oxygens (including phenoxy) is 1. The third kappa shape index (κ3) is 2.83. The van der Waals surface area contributed by atoms with Gasteiger partial charge >= 0.3 is 0 Å². The molecule has 0 N–H and O–H groups in total. The van der Waals surface area contributed by atoms with Crippen molar-refractivity contribution < 1.29 is 13.9 Å². The molecule has 5 nitrogen and oxygen atoms in total. The van der Waals surface area contributed by atoms with Gasteiger partial charge in [-0.1, -0.05) is 6.08 Å². The van der Waals surface area contributed by atoms with E-state index in [9.17, 15) is 4.79 Å². The number of amides is 1. The van der Waals surface area contributed by atoms with Crippen molar-refractivity contribution in [3.05, 3.63) is 54.4 Å². The summed E-state index contributed by atoms with van der Waals surface area (Å²) in [5.74, 6) is 0.911. The number of carbonyl (C=O) groups excluding carboxylic acids is 1. The van der Waals surface area contributed by atoms with Gasteiger partial charge in [0.25, 0.3) is 5.91 Å². The summed E-state index contributed by atoms with van der Waals surface area (Å²) in [6, 6.07) is 11.8. The fourth-order valence-electron chi connectivity index (χ4n) is 3.22. The van der Waals surface area contributed by atoms with Crippen molar-refractivity contribution >= 4 is 11.6 Å². The van der Waals surface area contributed by atoms with Crippen LogP contribution in [0.15, 0.2) is 58.9 Å². The minimum Gasteiger partial charge on any atom is -0.464 e. The highest BCUT2D eigenvalue weighted by molar-refractivity contribution is 6.06. The molecule has 0 bridgehead atoms. The lowest BCUT2D eigenvalue weighted by molar-refractivity contribution is -0.117. The van der Waals surface area contributed by atoms with E-state index in [1.54, 1.807) is 6.26 Å². The number of anilines is 1. The Balaban J connectivity index is 1.53. The molecule has 0 radical (unpaired) electrons. The van der Waals surface area contributed by atoms with E-state index in [0.717, 1.165) is 42.2 Å². The van der Waals surface area contributed by atoms with Gasteiger partial charge < -0.3 is 19.0 Å². The van der Waals surface area contributed by atoms with Crippen LogP contribution in [0.25, 0.3) is 11.3 Å². The van der Waals surface area contributed by atoms with Crippen LogP contribution in [0.1, 0.15) is 6.42 Å². The minimum atomic E-state index is 0.0777. The Bertz CT molecular complexity index is 728. The highest BCUT2D eigenvalue weighted by atomic mass is 16.5. The van der Waals surface area contributed by atoms with E-state index in [-0.39, 0.29) is 5.91 Å². The number of furan rings is 1. The van der Waals surface area contributed by atoms with Gasteiger partial charge in [0, 0.05) is 30.9 Å². The van der Waals surface area contributed by atoms with Crippen molar-refractivity contribution in [1.82, 2.24) is 4.90 Å². The molecule has 2 aliphatic heterocycles. The van der Waals surface area contributed by atoms with Gasteiger partial charge in [0.05, 0.1) is 25.2 Å². The van der Waals surface area contributed by atoms with Gasteiger partial charge in [0.2, 0.25) is 0 Å². The number of hydrogen-bond acceptors (Lipinski definition) is 4. The van der Waals surface area contributed by atoms with Gasteiger partial charge in [-0.2, -0.15) is 0 Å². The molecule has 0 unspecified atom stereocenters. The standard InChI is InChI=1S/C19H20N2O3/c22-19-17(20-10-13-23-14-11-20)3-1-9-21(19)16-7-5-15(6-8-16)18-4-2-12-24-18/h2-8,12H,1,9-11,13-14H2. The minimum absolute atomic E-state index is 0.0777. The molecule has 2 aromatic rings. The van der Waals surface area contributed by atoms with Crippen LogP contribution in [0, 0.1) is 0 Å². The summed E-state index contributed by atoms with van der Waals surface area (Å²) >= 11 is 0. The molecule has 0 saturated carbocycles. The van der Waals surface area contributed by atoms with Gasteiger partial charge in [-0.05, 0) is 42.8 Å². The molecule has 24 heavy (non-hydrogen) atoms. The first-order chi connectivity index (χ1) is 11.8. The van der Waals surface area contributed by atoms with Gasteiger partial charge in [0.15, 0.2) is 0 Å². The molecule has 1 fully saturated rings. The molecule has 4 rings (SSSR count). The fraction of sp³-hybridized carbons (Fsp3) is 0.316. The van der Waals surface area contributed by atoms with E-state index in [4.69, 9.17) is 9.15 Å². The molecule has 0 spiro atoms. The zero-order chi connectivity index (χ0) is 16.4. The smallest absolute Gasteiger partial charge is 0.274 e. The lowest BCUT2D eigenvalue weighted by Gasteiger charge is -2.35. The predicted molar refractivity (Wildman–Crippen MR) is 91.6 cm³/mol. The van der Waals surface area contributed by atoms with Crippen molar-refractivity contribution in [3.8, 4) is 11.3 Å².